The molecule has 50 heavy (non-hydrogen) atoms. The Labute approximate surface area is 289 Å². The van der Waals surface area contributed by atoms with Crippen molar-refractivity contribution in [2.75, 3.05) is 51.3 Å². The number of hydrogen-bond donors (Lipinski definition) is 2. The molecule has 1 aromatic heterocycles. The summed E-state index contributed by atoms with van der Waals surface area (Å²) in [5.74, 6) is 0.279. The average molecular weight is 712 g/mol. The Kier molecular flexibility index (Phi) is 8.25. The van der Waals surface area contributed by atoms with Crippen LogP contribution in [0.3, 0.4) is 0 Å². The van der Waals surface area contributed by atoms with Crippen molar-refractivity contribution in [3.05, 3.63) is 47.5 Å². The molecule has 0 radical (unpaired) electrons. The van der Waals surface area contributed by atoms with Crippen molar-refractivity contribution in [1.29, 1.82) is 0 Å². The lowest BCUT2D eigenvalue weighted by atomic mass is 9.93. The van der Waals surface area contributed by atoms with Gasteiger partial charge in [0, 0.05) is 78.6 Å². The number of hydrogen-bond acceptors (Lipinski definition) is 9. The third-order valence-corrected chi connectivity index (χ3v) is 11.1. The molecule has 3 aliphatic heterocycles. The quantitative estimate of drug-likeness (QED) is 0.116. The van der Waals surface area contributed by atoms with Crippen molar-refractivity contribution in [3.63, 3.8) is 0 Å². The first-order valence-electron chi connectivity index (χ1n) is 16.5. The Morgan fingerprint density at radius 3 is 2.48 bits per heavy atom. The number of benzene rings is 3. The second-order valence-corrected chi connectivity index (χ2v) is 15.0. The van der Waals surface area contributed by atoms with E-state index >= 15 is 8.78 Å². The number of halogens is 5. The molecule has 0 amide bonds. The molecule has 2 bridgehead atoms. The van der Waals surface area contributed by atoms with Gasteiger partial charge in [-0.2, -0.15) is 23.1 Å². The average Bonchev–Trinajstić information content (AvgIpc) is 3.74. The van der Waals surface area contributed by atoms with Crippen molar-refractivity contribution in [3.8, 4) is 35.2 Å². The summed E-state index contributed by atoms with van der Waals surface area (Å²) < 4.78 is 86.5. The predicted octanol–water partition coefficient (Wildman–Crippen LogP) is 6.46. The Morgan fingerprint density at radius 1 is 1.08 bits per heavy atom. The summed E-state index contributed by atoms with van der Waals surface area (Å²) in [5.41, 5.74) is -6.15. The van der Waals surface area contributed by atoms with Crippen LogP contribution in [-0.4, -0.2) is 90.1 Å². The fourth-order valence-electron chi connectivity index (χ4n) is 7.68. The maximum atomic E-state index is 17.3. The van der Waals surface area contributed by atoms with Crippen LogP contribution in [-0.2, 0) is 4.74 Å². The lowest BCUT2D eigenvalue weighted by Crippen LogP contribution is -2.54. The SMILES string of the molecule is C#Cc1c(F)ccc2cc(O)cc(-c3c(SC(F)(F)F)cc4c(N5CC6CCC(C5)N6)nc(OCC5(CN6CC(OC)C6)CC5)nc4c3F)c12. The van der Waals surface area contributed by atoms with Crippen LogP contribution in [0, 0.1) is 29.4 Å². The van der Waals surface area contributed by atoms with Crippen LogP contribution < -0.4 is 15.0 Å². The molecule has 8 nitrogen and oxygen atoms in total. The highest BCUT2D eigenvalue weighted by Crippen LogP contribution is 2.50. The Balaban J connectivity index is 1.29. The number of nitrogens with zero attached hydrogens (tertiary/aromatic N) is 4. The summed E-state index contributed by atoms with van der Waals surface area (Å²) in [6.45, 7) is 3.81. The number of piperazine rings is 1. The number of phenolic OH excluding ortho intramolecular Hbond substituents is 1. The maximum absolute atomic E-state index is 17.3. The van der Waals surface area contributed by atoms with Crippen LogP contribution in [0.15, 0.2) is 35.2 Å². The van der Waals surface area contributed by atoms with Crippen molar-refractivity contribution < 1.29 is 36.5 Å². The van der Waals surface area contributed by atoms with Crippen LogP contribution in [0.1, 0.15) is 31.2 Å². The fraction of sp³-hybridized carbons (Fsp3) is 0.444. The van der Waals surface area contributed by atoms with E-state index in [0.717, 1.165) is 57.5 Å². The molecule has 8 rings (SSSR count). The number of aromatic nitrogens is 2. The molecular weight excluding hydrogens is 677 g/mol. The molecule has 262 valence electrons. The molecule has 3 saturated heterocycles. The van der Waals surface area contributed by atoms with Gasteiger partial charge in [-0.25, -0.2) is 8.78 Å². The molecule has 2 unspecified atom stereocenters. The molecule has 14 heteroatoms. The maximum Gasteiger partial charge on any atom is 0.446 e. The Bertz CT molecular complexity index is 2030. The number of rotatable bonds is 9. The molecule has 4 fully saturated rings. The van der Waals surface area contributed by atoms with E-state index < -0.39 is 39.4 Å². The summed E-state index contributed by atoms with van der Waals surface area (Å²) in [7, 11) is 1.70. The second kappa shape index (κ2) is 12.4. The van der Waals surface area contributed by atoms with Crippen molar-refractivity contribution in [2.24, 2.45) is 5.41 Å². The van der Waals surface area contributed by atoms with E-state index in [2.05, 4.69) is 21.1 Å². The summed E-state index contributed by atoms with van der Waals surface area (Å²) in [4.78, 5) is 13.0. The van der Waals surface area contributed by atoms with Gasteiger partial charge in [0.2, 0.25) is 0 Å². The molecule has 2 atom stereocenters. The van der Waals surface area contributed by atoms with Crippen LogP contribution in [0.25, 0.3) is 32.8 Å². The smallest absolute Gasteiger partial charge is 0.446 e. The van der Waals surface area contributed by atoms with Gasteiger partial charge in [0.05, 0.1) is 18.3 Å². The summed E-state index contributed by atoms with van der Waals surface area (Å²) in [6, 6.07) is 6.27. The molecule has 4 aromatic rings. The minimum absolute atomic E-state index is 0.00520. The zero-order valence-corrected chi connectivity index (χ0v) is 27.9. The van der Waals surface area contributed by atoms with Crippen molar-refractivity contribution in [2.45, 2.75) is 54.3 Å². The summed E-state index contributed by atoms with van der Waals surface area (Å²) >= 11 is -0.505. The number of aromatic hydroxyl groups is 1. The Hall–Kier alpha value is -3.90. The van der Waals surface area contributed by atoms with Gasteiger partial charge in [-0.1, -0.05) is 12.0 Å². The lowest BCUT2D eigenvalue weighted by Gasteiger charge is -2.40. The van der Waals surface area contributed by atoms with Crippen LogP contribution >= 0.6 is 11.8 Å². The van der Waals surface area contributed by atoms with E-state index in [1.165, 1.54) is 18.2 Å². The number of phenols is 1. The largest absolute Gasteiger partial charge is 0.508 e. The number of terminal acetylenes is 1. The van der Waals surface area contributed by atoms with E-state index in [4.69, 9.17) is 20.9 Å². The highest BCUT2D eigenvalue weighted by molar-refractivity contribution is 8.00. The van der Waals surface area contributed by atoms with Crippen LogP contribution in [0.5, 0.6) is 11.8 Å². The van der Waals surface area contributed by atoms with E-state index in [0.29, 0.717) is 13.1 Å². The molecule has 1 saturated carbocycles. The van der Waals surface area contributed by atoms with Gasteiger partial charge in [0.25, 0.3) is 0 Å². The molecule has 2 N–H and O–H groups in total. The first-order chi connectivity index (χ1) is 23.9. The number of nitrogens with one attached hydrogen (secondary N) is 1. The monoisotopic (exact) mass is 711 g/mol. The number of alkyl halides is 3. The van der Waals surface area contributed by atoms with E-state index in [9.17, 15) is 18.3 Å². The highest BCUT2D eigenvalue weighted by Gasteiger charge is 2.47. The molecule has 3 aromatic carbocycles. The fourth-order valence-corrected chi connectivity index (χ4v) is 8.41. The molecule has 0 spiro atoms. The van der Waals surface area contributed by atoms with Gasteiger partial charge in [0.15, 0.2) is 5.82 Å². The summed E-state index contributed by atoms with van der Waals surface area (Å²) in [5, 5.41) is 14.5. The van der Waals surface area contributed by atoms with Gasteiger partial charge < -0.3 is 24.8 Å². The Morgan fingerprint density at radius 2 is 1.82 bits per heavy atom. The van der Waals surface area contributed by atoms with Crippen molar-refractivity contribution >= 4 is 39.3 Å². The normalized spacial score (nSPS) is 21.8. The van der Waals surface area contributed by atoms with Gasteiger partial charge >= 0.3 is 11.5 Å². The van der Waals surface area contributed by atoms with Crippen molar-refractivity contribution in [1.82, 2.24) is 20.2 Å². The minimum Gasteiger partial charge on any atom is -0.508 e. The summed E-state index contributed by atoms with van der Waals surface area (Å²) in [6.07, 6.45) is 9.62. The second-order valence-electron chi connectivity index (χ2n) is 13.9. The number of thioether (sulfide) groups is 1. The number of likely N-dealkylation sites (tertiary alicyclic amines) is 1. The first-order valence-corrected chi connectivity index (χ1v) is 17.4. The van der Waals surface area contributed by atoms with Gasteiger partial charge in [0.1, 0.15) is 22.9 Å². The number of methoxy groups -OCH3 is 1. The van der Waals surface area contributed by atoms with Gasteiger partial charge in [-0.3, -0.25) is 4.90 Å². The first kappa shape index (κ1) is 33.3. The van der Waals surface area contributed by atoms with E-state index in [1.54, 1.807) is 7.11 Å². The van der Waals surface area contributed by atoms with E-state index in [-0.39, 0.29) is 80.6 Å². The predicted molar refractivity (Wildman–Crippen MR) is 180 cm³/mol. The molecular formula is C36H34F5N5O3S. The zero-order chi connectivity index (χ0) is 34.9. The topological polar surface area (TPSA) is 83.0 Å². The van der Waals surface area contributed by atoms with Gasteiger partial charge in [-0.05, 0) is 72.7 Å². The van der Waals surface area contributed by atoms with Crippen LogP contribution in [0.2, 0.25) is 0 Å². The number of anilines is 1. The lowest BCUT2D eigenvalue weighted by molar-refractivity contribution is -0.0410. The minimum atomic E-state index is -4.82. The molecule has 4 aliphatic rings. The molecule has 1 aliphatic carbocycles. The molecule has 4 heterocycles. The standard InChI is InChI=1S/C36H34F5N5O3S/c1-3-24-27(37)7-4-19-10-22(47)11-25(29(19)24)30-28(50-36(39,40)41)12-26-32(31(30)38)43-34(44-33(26)46-13-20-5-6-21(14-46)42-20)49-18-35(8-9-35)17-45-15-23(16-45)48-2/h1,4,7,10-12,20-21,23,42,47H,5-6,8-9,13-18H2,2H3. The number of fused-ring (bicyclic) bond motifs is 4. The highest BCUT2D eigenvalue weighted by atomic mass is 32.2. The van der Waals surface area contributed by atoms with Crippen LogP contribution in [0.4, 0.5) is 27.8 Å². The number of ether oxygens (including phenoxy) is 2. The third kappa shape index (κ3) is 6.18. The third-order valence-electron chi connectivity index (χ3n) is 10.3. The zero-order valence-electron chi connectivity index (χ0n) is 27.1. The van der Waals surface area contributed by atoms with Gasteiger partial charge in [-0.15, -0.1) is 6.42 Å². The van der Waals surface area contributed by atoms with E-state index in [1.807, 2.05) is 4.90 Å².